The Morgan fingerprint density at radius 2 is 1.62 bits per heavy atom. The maximum Gasteiger partial charge on any atom is 0.141 e. The fraction of sp³-hybridized carbons (Fsp3) is 0.143. The molecule has 3 heteroatoms. The molecule has 3 nitrogen and oxygen atoms in total. The maximum absolute atomic E-state index is 5.33. The van der Waals surface area contributed by atoms with Crippen LogP contribution in [0.2, 0.25) is 0 Å². The summed E-state index contributed by atoms with van der Waals surface area (Å²) in [4.78, 5) is 4.48. The first kappa shape index (κ1) is 14.6. The Balaban J connectivity index is 1.96. The Morgan fingerprint density at radius 3 is 2.38 bits per heavy atom. The summed E-state index contributed by atoms with van der Waals surface area (Å²) in [6, 6.07) is 16.9. The molecule has 0 aliphatic heterocycles. The summed E-state index contributed by atoms with van der Waals surface area (Å²) in [7, 11) is 0. The van der Waals surface area contributed by atoms with Crippen LogP contribution in [0, 0.1) is 20.8 Å². The van der Waals surface area contributed by atoms with Crippen molar-refractivity contribution in [3.8, 4) is 22.3 Å². The SMILES string of the molecule is Cc1ccc2ncccc2c1-c1cccc(-c2c(C)noc2C)c1. The topological polar surface area (TPSA) is 38.9 Å². The first-order valence-corrected chi connectivity index (χ1v) is 8.03. The highest BCUT2D eigenvalue weighted by atomic mass is 16.5. The number of rotatable bonds is 2. The molecule has 0 fully saturated rings. The number of fused-ring (bicyclic) bond motifs is 1. The van der Waals surface area contributed by atoms with Gasteiger partial charge >= 0.3 is 0 Å². The van der Waals surface area contributed by atoms with E-state index in [9.17, 15) is 0 Å². The number of pyridine rings is 1. The smallest absolute Gasteiger partial charge is 0.141 e. The van der Waals surface area contributed by atoms with Gasteiger partial charge in [-0.1, -0.05) is 35.5 Å². The minimum Gasteiger partial charge on any atom is -0.361 e. The van der Waals surface area contributed by atoms with E-state index in [2.05, 4.69) is 59.5 Å². The Hall–Kier alpha value is -2.94. The highest BCUT2D eigenvalue weighted by molar-refractivity contribution is 5.97. The fourth-order valence-electron chi connectivity index (χ4n) is 3.37. The third-order valence-electron chi connectivity index (χ3n) is 4.47. The van der Waals surface area contributed by atoms with Crippen molar-refractivity contribution < 1.29 is 4.52 Å². The van der Waals surface area contributed by atoms with Gasteiger partial charge in [0.05, 0.1) is 11.2 Å². The van der Waals surface area contributed by atoms with Crippen molar-refractivity contribution in [2.24, 2.45) is 0 Å². The first-order chi connectivity index (χ1) is 11.6. The third kappa shape index (κ3) is 2.29. The molecule has 0 spiro atoms. The van der Waals surface area contributed by atoms with Gasteiger partial charge in [0.15, 0.2) is 0 Å². The lowest BCUT2D eigenvalue weighted by Gasteiger charge is -2.11. The highest BCUT2D eigenvalue weighted by Crippen LogP contribution is 2.35. The molecule has 0 atom stereocenters. The molecule has 0 amide bonds. The monoisotopic (exact) mass is 314 g/mol. The molecule has 0 saturated heterocycles. The Bertz CT molecular complexity index is 1030. The van der Waals surface area contributed by atoms with Crippen molar-refractivity contribution in [3.05, 3.63) is 71.7 Å². The molecule has 4 aromatic rings. The van der Waals surface area contributed by atoms with Crippen LogP contribution in [0.3, 0.4) is 0 Å². The van der Waals surface area contributed by atoms with E-state index in [1.165, 1.54) is 22.1 Å². The molecule has 118 valence electrons. The number of benzene rings is 2. The molecule has 0 aliphatic rings. The summed E-state index contributed by atoms with van der Waals surface area (Å²) in [6.45, 7) is 6.07. The van der Waals surface area contributed by atoms with Crippen molar-refractivity contribution >= 4 is 10.9 Å². The molecular weight excluding hydrogens is 296 g/mol. The molecule has 0 radical (unpaired) electrons. The van der Waals surface area contributed by atoms with Crippen LogP contribution in [0.1, 0.15) is 17.0 Å². The minimum absolute atomic E-state index is 0.848. The molecule has 2 aromatic heterocycles. The molecule has 4 rings (SSSR count). The van der Waals surface area contributed by atoms with E-state index in [1.807, 2.05) is 26.1 Å². The van der Waals surface area contributed by atoms with Gasteiger partial charge in [0.25, 0.3) is 0 Å². The second kappa shape index (κ2) is 5.60. The molecule has 0 N–H and O–H groups in total. The minimum atomic E-state index is 0.848. The van der Waals surface area contributed by atoms with Crippen LogP contribution >= 0.6 is 0 Å². The van der Waals surface area contributed by atoms with E-state index >= 15 is 0 Å². The largest absolute Gasteiger partial charge is 0.361 e. The second-order valence-corrected chi connectivity index (χ2v) is 6.11. The van der Waals surface area contributed by atoms with Crippen LogP contribution in [0.15, 0.2) is 59.3 Å². The third-order valence-corrected chi connectivity index (χ3v) is 4.47. The van der Waals surface area contributed by atoms with Crippen LogP contribution in [-0.4, -0.2) is 10.1 Å². The van der Waals surface area contributed by atoms with Crippen LogP contribution in [0.4, 0.5) is 0 Å². The molecular formula is C21H18N2O. The zero-order valence-electron chi connectivity index (χ0n) is 14.0. The molecule has 2 heterocycles. The van der Waals surface area contributed by atoms with Crippen molar-refractivity contribution in [2.45, 2.75) is 20.8 Å². The predicted octanol–water partition coefficient (Wildman–Crippen LogP) is 5.48. The van der Waals surface area contributed by atoms with E-state index in [0.29, 0.717) is 0 Å². The van der Waals surface area contributed by atoms with Gasteiger partial charge in [-0.25, -0.2) is 0 Å². The first-order valence-electron chi connectivity index (χ1n) is 8.03. The number of aryl methyl sites for hydroxylation is 3. The van der Waals surface area contributed by atoms with Gasteiger partial charge < -0.3 is 4.52 Å². The molecule has 0 bridgehead atoms. The summed E-state index contributed by atoms with van der Waals surface area (Å²) in [6.07, 6.45) is 1.84. The lowest BCUT2D eigenvalue weighted by Crippen LogP contribution is -1.89. The van der Waals surface area contributed by atoms with Crippen LogP contribution in [0.25, 0.3) is 33.2 Å². The fourth-order valence-corrected chi connectivity index (χ4v) is 3.37. The lowest BCUT2D eigenvalue weighted by atomic mass is 9.93. The van der Waals surface area contributed by atoms with Gasteiger partial charge in [-0.2, -0.15) is 0 Å². The molecule has 0 unspecified atom stereocenters. The van der Waals surface area contributed by atoms with E-state index in [0.717, 1.165) is 28.1 Å². The average molecular weight is 314 g/mol. The Morgan fingerprint density at radius 1 is 0.833 bits per heavy atom. The van der Waals surface area contributed by atoms with Crippen molar-refractivity contribution in [1.82, 2.24) is 10.1 Å². The maximum atomic E-state index is 5.33. The lowest BCUT2D eigenvalue weighted by molar-refractivity contribution is 0.393. The van der Waals surface area contributed by atoms with Crippen LogP contribution in [0.5, 0.6) is 0 Å². The highest BCUT2D eigenvalue weighted by Gasteiger charge is 2.14. The molecule has 0 aliphatic carbocycles. The van der Waals surface area contributed by atoms with Gasteiger partial charge in [0.1, 0.15) is 5.76 Å². The zero-order chi connectivity index (χ0) is 16.7. The van der Waals surface area contributed by atoms with E-state index in [4.69, 9.17) is 4.52 Å². The van der Waals surface area contributed by atoms with E-state index in [-0.39, 0.29) is 0 Å². The van der Waals surface area contributed by atoms with E-state index < -0.39 is 0 Å². The average Bonchev–Trinajstić information content (AvgIpc) is 2.93. The number of aromatic nitrogens is 2. The van der Waals surface area contributed by atoms with Crippen LogP contribution < -0.4 is 0 Å². The summed E-state index contributed by atoms with van der Waals surface area (Å²) in [5.74, 6) is 0.848. The second-order valence-electron chi connectivity index (χ2n) is 6.11. The number of hydrogen-bond acceptors (Lipinski definition) is 3. The summed E-state index contributed by atoms with van der Waals surface area (Å²) in [5, 5.41) is 5.25. The molecule has 24 heavy (non-hydrogen) atoms. The number of nitrogens with zero attached hydrogens (tertiary/aromatic N) is 2. The predicted molar refractivity (Wildman–Crippen MR) is 96.9 cm³/mol. The summed E-state index contributed by atoms with van der Waals surface area (Å²) in [5.41, 5.74) is 7.79. The van der Waals surface area contributed by atoms with Gasteiger partial charge in [-0.05, 0) is 61.2 Å². The van der Waals surface area contributed by atoms with Crippen LogP contribution in [-0.2, 0) is 0 Å². The molecule has 2 aromatic carbocycles. The van der Waals surface area contributed by atoms with Crippen molar-refractivity contribution in [1.29, 1.82) is 0 Å². The van der Waals surface area contributed by atoms with Gasteiger partial charge in [0, 0.05) is 17.1 Å². The van der Waals surface area contributed by atoms with Crippen molar-refractivity contribution in [2.75, 3.05) is 0 Å². The van der Waals surface area contributed by atoms with Gasteiger partial charge in [0.2, 0.25) is 0 Å². The Kier molecular flexibility index (Phi) is 3.42. The quantitative estimate of drug-likeness (QED) is 0.491. The Labute approximate surface area is 141 Å². The van der Waals surface area contributed by atoms with E-state index in [1.54, 1.807) is 0 Å². The summed E-state index contributed by atoms with van der Waals surface area (Å²) < 4.78 is 5.33. The van der Waals surface area contributed by atoms with Crippen molar-refractivity contribution in [3.63, 3.8) is 0 Å². The summed E-state index contributed by atoms with van der Waals surface area (Å²) >= 11 is 0. The van der Waals surface area contributed by atoms with Gasteiger partial charge in [-0.15, -0.1) is 0 Å². The number of hydrogen-bond donors (Lipinski definition) is 0. The van der Waals surface area contributed by atoms with Gasteiger partial charge in [-0.3, -0.25) is 4.98 Å². The zero-order valence-corrected chi connectivity index (χ0v) is 14.0. The molecule has 0 saturated carbocycles. The standard InChI is InChI=1S/C21H18N2O/c1-13-9-10-19-18(8-5-11-22-19)20(13)16-6-4-7-17(12-16)21-14(2)23-24-15(21)3/h4-12H,1-3H3. The normalized spacial score (nSPS) is 11.1.